The second kappa shape index (κ2) is 6.47. The zero-order chi connectivity index (χ0) is 13.7. The molecule has 1 saturated carbocycles. The van der Waals surface area contributed by atoms with Gasteiger partial charge < -0.3 is 4.74 Å². The van der Waals surface area contributed by atoms with E-state index in [9.17, 15) is 14.4 Å². The third-order valence-electron chi connectivity index (χ3n) is 3.61. The van der Waals surface area contributed by atoms with Crippen LogP contribution >= 0.6 is 0 Å². The Bertz CT molecular complexity index is 359. The summed E-state index contributed by atoms with van der Waals surface area (Å²) in [6, 6.07) is 0. The zero-order valence-corrected chi connectivity index (χ0v) is 11.0. The molecule has 0 amide bonds. The highest BCUT2D eigenvalue weighted by atomic mass is 16.5. The van der Waals surface area contributed by atoms with Gasteiger partial charge in [-0.3, -0.25) is 14.4 Å². The second-order valence-electron chi connectivity index (χ2n) is 4.80. The van der Waals surface area contributed by atoms with E-state index in [1.807, 2.05) is 0 Å². The van der Waals surface area contributed by atoms with Gasteiger partial charge in [0.2, 0.25) is 0 Å². The number of carbonyl (C=O) groups excluding carboxylic acids is 3. The van der Waals surface area contributed by atoms with Gasteiger partial charge in [0.05, 0.1) is 7.11 Å². The van der Waals surface area contributed by atoms with Crippen LogP contribution in [0.4, 0.5) is 0 Å². The van der Waals surface area contributed by atoms with E-state index in [1.54, 1.807) is 6.08 Å². The quantitative estimate of drug-likeness (QED) is 0.411. The molecular formula is C14H20O4. The van der Waals surface area contributed by atoms with Crippen LogP contribution in [0, 0.1) is 17.8 Å². The Balaban J connectivity index is 2.79. The molecule has 100 valence electrons. The van der Waals surface area contributed by atoms with Crippen LogP contribution in [0.5, 0.6) is 0 Å². The Hall–Kier alpha value is -1.45. The SMILES string of the molecule is C=CC(CC1CCCC1=O)C(C(C)=O)C(=O)OC. The summed E-state index contributed by atoms with van der Waals surface area (Å²) in [5.41, 5.74) is 0. The van der Waals surface area contributed by atoms with E-state index in [2.05, 4.69) is 11.3 Å². The second-order valence-corrected chi connectivity index (χ2v) is 4.80. The smallest absolute Gasteiger partial charge is 0.316 e. The number of hydrogen-bond donors (Lipinski definition) is 0. The fraction of sp³-hybridized carbons (Fsp3) is 0.643. The van der Waals surface area contributed by atoms with Gasteiger partial charge in [-0.15, -0.1) is 6.58 Å². The topological polar surface area (TPSA) is 60.4 Å². The first kappa shape index (κ1) is 14.6. The van der Waals surface area contributed by atoms with E-state index in [0.29, 0.717) is 12.8 Å². The van der Waals surface area contributed by atoms with E-state index in [4.69, 9.17) is 0 Å². The van der Waals surface area contributed by atoms with Crippen molar-refractivity contribution >= 4 is 17.5 Å². The Morgan fingerprint density at radius 3 is 2.61 bits per heavy atom. The van der Waals surface area contributed by atoms with Gasteiger partial charge in [-0.25, -0.2) is 0 Å². The largest absolute Gasteiger partial charge is 0.468 e. The zero-order valence-electron chi connectivity index (χ0n) is 11.0. The van der Waals surface area contributed by atoms with Gasteiger partial charge in [0.25, 0.3) is 0 Å². The molecule has 4 heteroatoms. The molecule has 0 aromatic rings. The fourth-order valence-electron chi connectivity index (χ4n) is 2.60. The standard InChI is InChI=1S/C14H20O4/c1-4-10(8-11-6-5-7-12(11)16)13(9(2)15)14(17)18-3/h4,10-11,13H,1,5-8H2,2-3H3. The highest BCUT2D eigenvalue weighted by Gasteiger charge is 2.35. The molecule has 0 radical (unpaired) electrons. The molecule has 3 unspecified atom stereocenters. The van der Waals surface area contributed by atoms with Crippen molar-refractivity contribution in [1.82, 2.24) is 0 Å². The number of rotatable bonds is 6. The molecule has 0 aliphatic heterocycles. The number of carbonyl (C=O) groups is 3. The summed E-state index contributed by atoms with van der Waals surface area (Å²) in [5, 5.41) is 0. The number of Topliss-reactive ketones (excluding diaryl/α,β-unsaturated/α-hetero) is 2. The molecule has 1 aliphatic carbocycles. The third kappa shape index (κ3) is 3.28. The van der Waals surface area contributed by atoms with Crippen molar-refractivity contribution in [3.63, 3.8) is 0 Å². The highest BCUT2D eigenvalue weighted by Crippen LogP contribution is 2.31. The summed E-state index contributed by atoms with van der Waals surface area (Å²) in [4.78, 5) is 34.8. The summed E-state index contributed by atoms with van der Waals surface area (Å²) in [5.74, 6) is -1.74. The predicted molar refractivity (Wildman–Crippen MR) is 66.8 cm³/mol. The molecule has 0 N–H and O–H groups in total. The van der Waals surface area contributed by atoms with Gasteiger partial charge in [-0.05, 0) is 32.1 Å². The van der Waals surface area contributed by atoms with Gasteiger partial charge >= 0.3 is 5.97 Å². The lowest BCUT2D eigenvalue weighted by atomic mass is 9.81. The van der Waals surface area contributed by atoms with E-state index in [0.717, 1.165) is 12.8 Å². The molecule has 1 fully saturated rings. The first-order valence-corrected chi connectivity index (χ1v) is 6.24. The molecule has 18 heavy (non-hydrogen) atoms. The van der Waals surface area contributed by atoms with E-state index in [1.165, 1.54) is 14.0 Å². The molecule has 1 rings (SSSR count). The van der Waals surface area contributed by atoms with Crippen molar-refractivity contribution < 1.29 is 19.1 Å². The minimum atomic E-state index is -0.833. The van der Waals surface area contributed by atoms with Crippen molar-refractivity contribution in [3.05, 3.63) is 12.7 Å². The van der Waals surface area contributed by atoms with Crippen molar-refractivity contribution in [2.75, 3.05) is 7.11 Å². The lowest BCUT2D eigenvalue weighted by Crippen LogP contribution is -2.31. The minimum Gasteiger partial charge on any atom is -0.468 e. The van der Waals surface area contributed by atoms with Crippen molar-refractivity contribution in [2.45, 2.75) is 32.6 Å². The average Bonchev–Trinajstić information content (AvgIpc) is 2.73. The molecule has 0 spiro atoms. The van der Waals surface area contributed by atoms with Crippen LogP contribution in [0.1, 0.15) is 32.6 Å². The van der Waals surface area contributed by atoms with Crippen molar-refractivity contribution in [1.29, 1.82) is 0 Å². The Kier molecular flexibility index (Phi) is 5.25. The number of methoxy groups -OCH3 is 1. The van der Waals surface area contributed by atoms with E-state index >= 15 is 0 Å². The number of ether oxygens (including phenoxy) is 1. The molecule has 0 heterocycles. The number of ketones is 2. The number of allylic oxidation sites excluding steroid dienone is 1. The van der Waals surface area contributed by atoms with Gasteiger partial charge in [0.15, 0.2) is 0 Å². The molecule has 1 aliphatic rings. The van der Waals surface area contributed by atoms with Crippen LogP contribution in [0.2, 0.25) is 0 Å². The Morgan fingerprint density at radius 1 is 1.56 bits per heavy atom. The lowest BCUT2D eigenvalue weighted by molar-refractivity contribution is -0.151. The monoisotopic (exact) mass is 252 g/mol. The maximum absolute atomic E-state index is 11.6. The van der Waals surface area contributed by atoms with Crippen LogP contribution in [-0.2, 0) is 19.1 Å². The fourth-order valence-corrected chi connectivity index (χ4v) is 2.60. The molecule has 0 saturated heterocycles. The van der Waals surface area contributed by atoms with E-state index < -0.39 is 11.9 Å². The number of hydrogen-bond acceptors (Lipinski definition) is 4. The third-order valence-corrected chi connectivity index (χ3v) is 3.61. The maximum atomic E-state index is 11.6. The summed E-state index contributed by atoms with van der Waals surface area (Å²) >= 11 is 0. The van der Waals surface area contributed by atoms with Crippen LogP contribution in [-0.4, -0.2) is 24.6 Å². The summed E-state index contributed by atoms with van der Waals surface area (Å²) < 4.78 is 4.66. The van der Waals surface area contributed by atoms with Crippen LogP contribution in [0.3, 0.4) is 0 Å². The van der Waals surface area contributed by atoms with E-state index in [-0.39, 0.29) is 23.4 Å². The molecule has 0 aromatic heterocycles. The first-order valence-electron chi connectivity index (χ1n) is 6.24. The number of esters is 1. The summed E-state index contributed by atoms with van der Waals surface area (Å²) in [6.45, 7) is 5.05. The summed E-state index contributed by atoms with van der Waals surface area (Å²) in [7, 11) is 1.26. The van der Waals surface area contributed by atoms with Crippen molar-refractivity contribution in [2.24, 2.45) is 17.8 Å². The molecular weight excluding hydrogens is 232 g/mol. The van der Waals surface area contributed by atoms with Crippen LogP contribution in [0.25, 0.3) is 0 Å². The Morgan fingerprint density at radius 2 is 2.22 bits per heavy atom. The maximum Gasteiger partial charge on any atom is 0.316 e. The minimum absolute atomic E-state index is 0.0421. The van der Waals surface area contributed by atoms with Gasteiger partial charge in [0.1, 0.15) is 17.5 Å². The van der Waals surface area contributed by atoms with Crippen LogP contribution < -0.4 is 0 Å². The summed E-state index contributed by atoms with van der Waals surface area (Å²) in [6.07, 6.45) is 4.46. The van der Waals surface area contributed by atoms with Crippen LogP contribution in [0.15, 0.2) is 12.7 Å². The Labute approximate surface area is 107 Å². The molecule has 3 atom stereocenters. The first-order chi connectivity index (χ1) is 8.51. The molecule has 0 bridgehead atoms. The van der Waals surface area contributed by atoms with Gasteiger partial charge in [-0.2, -0.15) is 0 Å². The normalized spacial score (nSPS) is 22.3. The van der Waals surface area contributed by atoms with Gasteiger partial charge in [-0.1, -0.05) is 6.08 Å². The highest BCUT2D eigenvalue weighted by molar-refractivity contribution is 5.98. The van der Waals surface area contributed by atoms with Crippen molar-refractivity contribution in [3.8, 4) is 0 Å². The average molecular weight is 252 g/mol. The molecule has 4 nitrogen and oxygen atoms in total. The predicted octanol–water partition coefficient (Wildman–Crippen LogP) is 1.93. The lowest BCUT2D eigenvalue weighted by Gasteiger charge is -2.22. The van der Waals surface area contributed by atoms with Gasteiger partial charge in [0, 0.05) is 12.3 Å². The molecule has 0 aromatic carbocycles.